The van der Waals surface area contributed by atoms with Crippen LogP contribution in [-0.2, 0) is 18.0 Å². The molecule has 0 spiro atoms. The van der Waals surface area contributed by atoms with E-state index in [-0.39, 0.29) is 12.3 Å². The van der Waals surface area contributed by atoms with Crippen LogP contribution in [0.3, 0.4) is 0 Å². The van der Waals surface area contributed by atoms with Crippen molar-refractivity contribution in [3.05, 3.63) is 82.5 Å². The molecule has 0 amide bonds. The van der Waals surface area contributed by atoms with Crippen LogP contribution >= 0.6 is 0 Å². The van der Waals surface area contributed by atoms with Crippen LogP contribution in [0.15, 0.2) is 70.7 Å². The third-order valence-electron chi connectivity index (χ3n) is 8.05. The molecule has 8 nitrogen and oxygen atoms in total. The summed E-state index contributed by atoms with van der Waals surface area (Å²) in [5.41, 5.74) is 3.23. The highest BCUT2D eigenvalue weighted by molar-refractivity contribution is 6.76. The van der Waals surface area contributed by atoms with Gasteiger partial charge in [0.2, 0.25) is 5.95 Å². The summed E-state index contributed by atoms with van der Waals surface area (Å²) in [6.07, 6.45) is 3.03. The zero-order valence-corrected chi connectivity index (χ0v) is 25.3. The van der Waals surface area contributed by atoms with Crippen molar-refractivity contribution in [2.45, 2.75) is 51.8 Å². The Balaban J connectivity index is 1.55. The van der Waals surface area contributed by atoms with Gasteiger partial charge in [0.1, 0.15) is 12.5 Å². The fourth-order valence-corrected chi connectivity index (χ4v) is 6.49. The molecule has 0 bridgehead atoms. The lowest BCUT2D eigenvalue weighted by Crippen LogP contribution is -2.35. The van der Waals surface area contributed by atoms with E-state index >= 15 is 0 Å². The van der Waals surface area contributed by atoms with Crippen molar-refractivity contribution < 1.29 is 14.3 Å². The molecule has 6 rings (SSSR count). The minimum absolute atomic E-state index is 0.143. The Morgan fingerprint density at radius 2 is 1.79 bits per heavy atom. The molecule has 1 saturated heterocycles. The summed E-state index contributed by atoms with van der Waals surface area (Å²) in [4.78, 5) is 21.3. The van der Waals surface area contributed by atoms with E-state index in [4.69, 9.17) is 9.72 Å². The number of halogens is 1. The Kier molecular flexibility index (Phi) is 7.59. The van der Waals surface area contributed by atoms with Crippen LogP contribution in [0.2, 0.25) is 25.7 Å². The molecular formula is C32H36FN5O3Si. The summed E-state index contributed by atoms with van der Waals surface area (Å²) in [5, 5.41) is 15.2. The topological polar surface area (TPSA) is 84.9 Å². The summed E-state index contributed by atoms with van der Waals surface area (Å²) in [5.74, 6) is 0.383. The maximum atomic E-state index is 14.8. The number of pyridine rings is 1. The molecule has 1 aliphatic heterocycles. The van der Waals surface area contributed by atoms with Gasteiger partial charge < -0.3 is 19.4 Å². The molecule has 1 fully saturated rings. The van der Waals surface area contributed by atoms with E-state index in [1.54, 1.807) is 16.8 Å². The second-order valence-corrected chi connectivity index (χ2v) is 17.9. The molecular weight excluding hydrogens is 549 g/mol. The molecule has 0 aliphatic carbocycles. The highest BCUT2D eigenvalue weighted by atomic mass is 28.3. The van der Waals surface area contributed by atoms with Gasteiger partial charge in [0.25, 0.3) is 5.56 Å². The summed E-state index contributed by atoms with van der Waals surface area (Å²) in [6.45, 7) is 9.48. The van der Waals surface area contributed by atoms with Gasteiger partial charge in [-0.25, -0.2) is 9.37 Å². The van der Waals surface area contributed by atoms with E-state index in [0.717, 1.165) is 34.2 Å². The van der Waals surface area contributed by atoms with Gasteiger partial charge in [0.05, 0.1) is 28.7 Å². The van der Waals surface area contributed by atoms with Crippen molar-refractivity contribution in [2.75, 3.05) is 24.6 Å². The Morgan fingerprint density at radius 1 is 1.02 bits per heavy atom. The quantitative estimate of drug-likeness (QED) is 0.0746. The van der Waals surface area contributed by atoms with Gasteiger partial charge in [-0.15, -0.1) is 0 Å². The van der Waals surface area contributed by atoms with Crippen LogP contribution in [0.4, 0.5) is 10.3 Å². The normalized spacial score (nSPS) is 14.4. The standard InChI is InChI=1S/C32H36FN5O3Si/c1-42(2,3)18-17-41-21-37-16-13-26-28(31(37)39)27-19-23(33)9-10-25(27)30-29(26)34-32(36-14-11-24(35-40)12-15-36)38(30)20-22-7-5-4-6-8-22/h4-10,13,16,19,40H,11-12,14-15,17-18,20-21H2,1-3H3. The van der Waals surface area contributed by atoms with Crippen LogP contribution in [0.25, 0.3) is 32.6 Å². The van der Waals surface area contributed by atoms with Gasteiger partial charge in [-0.1, -0.05) is 55.1 Å². The SMILES string of the molecule is C[Si](C)(C)CCOCn1ccc2c3nc(N4CCC(=NO)CC4)n(Cc4ccccc4)c3c3ccc(F)cc3c2c1=O. The highest BCUT2D eigenvalue weighted by Crippen LogP contribution is 2.37. The molecule has 1 N–H and O–H groups in total. The number of benzene rings is 3. The third-order valence-corrected chi connectivity index (χ3v) is 9.75. The molecule has 42 heavy (non-hydrogen) atoms. The number of rotatable bonds is 8. The average molecular weight is 586 g/mol. The number of piperidine rings is 1. The van der Waals surface area contributed by atoms with Crippen molar-refractivity contribution in [3.8, 4) is 0 Å². The lowest BCUT2D eigenvalue weighted by molar-refractivity contribution is 0.0851. The maximum Gasteiger partial charge on any atom is 0.261 e. The minimum atomic E-state index is -1.27. The Labute approximate surface area is 244 Å². The first-order valence-electron chi connectivity index (χ1n) is 14.4. The first-order valence-corrected chi connectivity index (χ1v) is 18.2. The molecule has 5 aromatic rings. The molecule has 1 aliphatic rings. The van der Waals surface area contributed by atoms with E-state index < -0.39 is 13.9 Å². The van der Waals surface area contributed by atoms with Gasteiger partial charge in [-0.05, 0) is 35.9 Å². The summed E-state index contributed by atoms with van der Waals surface area (Å²) in [7, 11) is -1.27. The van der Waals surface area contributed by atoms with Gasteiger partial charge in [-0.2, -0.15) is 0 Å². The second-order valence-electron chi connectivity index (χ2n) is 12.3. The number of hydrogen-bond donors (Lipinski definition) is 1. The molecule has 3 heterocycles. The molecule has 3 aromatic carbocycles. The Hall–Kier alpha value is -4.02. The lowest BCUT2D eigenvalue weighted by atomic mass is 10.0. The van der Waals surface area contributed by atoms with Crippen LogP contribution in [0.5, 0.6) is 0 Å². The minimum Gasteiger partial charge on any atom is -0.411 e. The average Bonchev–Trinajstić information content (AvgIpc) is 3.35. The second kappa shape index (κ2) is 11.3. The van der Waals surface area contributed by atoms with E-state index in [1.165, 1.54) is 12.1 Å². The number of oxime groups is 1. The monoisotopic (exact) mass is 585 g/mol. The largest absolute Gasteiger partial charge is 0.411 e. The van der Waals surface area contributed by atoms with Crippen molar-refractivity contribution >= 4 is 52.3 Å². The predicted molar refractivity (Wildman–Crippen MR) is 169 cm³/mol. The fourth-order valence-electron chi connectivity index (χ4n) is 5.73. The molecule has 2 aromatic heterocycles. The van der Waals surface area contributed by atoms with Gasteiger partial charge in [0, 0.05) is 63.0 Å². The number of imidazole rings is 1. The molecule has 0 radical (unpaired) electrons. The van der Waals surface area contributed by atoms with Crippen LogP contribution in [0.1, 0.15) is 18.4 Å². The lowest BCUT2D eigenvalue weighted by Gasteiger charge is -2.28. The number of fused-ring (bicyclic) bond motifs is 6. The summed E-state index contributed by atoms with van der Waals surface area (Å²) in [6, 6.07) is 17.7. The van der Waals surface area contributed by atoms with Crippen LogP contribution < -0.4 is 10.5 Å². The third kappa shape index (κ3) is 5.44. The van der Waals surface area contributed by atoms with Gasteiger partial charge in [0.15, 0.2) is 0 Å². The zero-order chi connectivity index (χ0) is 29.4. The molecule has 0 atom stereocenters. The molecule has 0 unspecified atom stereocenters. The van der Waals surface area contributed by atoms with Gasteiger partial charge >= 0.3 is 0 Å². The van der Waals surface area contributed by atoms with E-state index in [0.29, 0.717) is 60.8 Å². The van der Waals surface area contributed by atoms with Gasteiger partial charge in [-0.3, -0.25) is 9.36 Å². The van der Waals surface area contributed by atoms with E-state index in [2.05, 4.69) is 46.4 Å². The highest BCUT2D eigenvalue weighted by Gasteiger charge is 2.25. The van der Waals surface area contributed by atoms with Crippen molar-refractivity contribution in [1.29, 1.82) is 0 Å². The first-order chi connectivity index (χ1) is 20.2. The number of anilines is 1. The van der Waals surface area contributed by atoms with Crippen LogP contribution in [-0.4, -0.2) is 52.8 Å². The first kappa shape index (κ1) is 28.1. The number of hydrogen-bond acceptors (Lipinski definition) is 6. The zero-order valence-electron chi connectivity index (χ0n) is 24.3. The number of nitrogens with zero attached hydrogens (tertiary/aromatic N) is 5. The van der Waals surface area contributed by atoms with Crippen molar-refractivity contribution in [3.63, 3.8) is 0 Å². The summed E-state index contributed by atoms with van der Waals surface area (Å²) >= 11 is 0. The van der Waals surface area contributed by atoms with Crippen molar-refractivity contribution in [1.82, 2.24) is 14.1 Å². The van der Waals surface area contributed by atoms with E-state index in [9.17, 15) is 14.4 Å². The Bertz CT molecular complexity index is 1850. The molecule has 218 valence electrons. The van der Waals surface area contributed by atoms with Crippen molar-refractivity contribution in [2.24, 2.45) is 5.16 Å². The van der Waals surface area contributed by atoms with Crippen LogP contribution in [0, 0.1) is 5.82 Å². The molecule has 0 saturated carbocycles. The fraction of sp³-hybridized carbons (Fsp3) is 0.344. The Morgan fingerprint density at radius 3 is 2.50 bits per heavy atom. The maximum absolute atomic E-state index is 14.8. The summed E-state index contributed by atoms with van der Waals surface area (Å²) < 4.78 is 24.4. The van der Waals surface area contributed by atoms with E-state index in [1.807, 2.05) is 24.3 Å². The molecule has 10 heteroatoms. The smallest absolute Gasteiger partial charge is 0.261 e. The number of aromatic nitrogens is 3. The predicted octanol–water partition coefficient (Wildman–Crippen LogP) is 6.43. The number of ether oxygens (including phenoxy) is 1.